The Kier molecular flexibility index (Phi) is 6.24. The molecule has 112 valence electrons. The molecule has 1 N–H and O–H groups in total. The fourth-order valence-corrected chi connectivity index (χ4v) is 2.68. The first-order valence-electron chi connectivity index (χ1n) is 6.66. The number of rotatable bonds is 5. The van der Waals surface area contributed by atoms with E-state index in [1.54, 1.807) is 12.1 Å². The lowest BCUT2D eigenvalue weighted by atomic mass is 10.1. The van der Waals surface area contributed by atoms with Crippen LogP contribution in [0.4, 0.5) is 0 Å². The Morgan fingerprint density at radius 3 is 2.55 bits per heavy atom. The number of benzene rings is 1. The van der Waals surface area contributed by atoms with E-state index in [4.69, 9.17) is 39.5 Å². The maximum absolute atomic E-state index is 9.54. The Hall–Kier alpha value is -0.190. The van der Waals surface area contributed by atoms with Crippen molar-refractivity contribution in [3.8, 4) is 5.75 Å². The Balaban J connectivity index is 1.80. The minimum atomic E-state index is -0.454. The fourth-order valence-electron chi connectivity index (χ4n) is 2.30. The molecule has 1 heterocycles. The number of nitrogens with zero attached hydrogens (tertiary/aromatic N) is 1. The molecule has 3 nitrogen and oxygen atoms in total. The van der Waals surface area contributed by atoms with Gasteiger partial charge >= 0.3 is 0 Å². The van der Waals surface area contributed by atoms with Gasteiger partial charge in [0.1, 0.15) is 11.9 Å². The van der Waals surface area contributed by atoms with Crippen LogP contribution in [-0.4, -0.2) is 47.7 Å². The van der Waals surface area contributed by atoms with Gasteiger partial charge in [-0.3, -0.25) is 0 Å². The molecule has 0 radical (unpaired) electrons. The third-order valence-corrected chi connectivity index (χ3v) is 4.47. The van der Waals surface area contributed by atoms with Gasteiger partial charge < -0.3 is 14.7 Å². The zero-order valence-electron chi connectivity index (χ0n) is 11.1. The molecule has 0 amide bonds. The first-order valence-corrected chi connectivity index (χ1v) is 7.95. The molecule has 0 unspecified atom stereocenters. The highest BCUT2D eigenvalue weighted by atomic mass is 35.5. The van der Waals surface area contributed by atoms with Crippen molar-refractivity contribution < 1.29 is 9.84 Å². The minimum absolute atomic E-state index is 0.177. The molecular formula is C14H18Cl3NO2. The van der Waals surface area contributed by atoms with Gasteiger partial charge in [-0.15, -0.1) is 11.6 Å². The van der Waals surface area contributed by atoms with Gasteiger partial charge in [0.05, 0.1) is 16.1 Å². The van der Waals surface area contributed by atoms with Crippen LogP contribution in [0, 0.1) is 0 Å². The molecule has 0 saturated carbocycles. The van der Waals surface area contributed by atoms with Gasteiger partial charge in [0.25, 0.3) is 0 Å². The lowest BCUT2D eigenvalue weighted by Gasteiger charge is -2.33. The van der Waals surface area contributed by atoms with Gasteiger partial charge in [0.15, 0.2) is 0 Å². The molecule has 0 aromatic heterocycles. The number of aliphatic hydroxyl groups is 1. The van der Waals surface area contributed by atoms with Crippen LogP contribution in [0.3, 0.4) is 0 Å². The SMILES string of the molecule is O[C@H](CCl)CN1CCC(Oc2ccc(Cl)c(Cl)c2)CC1. The third-order valence-electron chi connectivity index (χ3n) is 3.38. The number of piperidine rings is 1. The second-order valence-corrected chi connectivity index (χ2v) is 6.12. The Morgan fingerprint density at radius 2 is 1.95 bits per heavy atom. The standard InChI is InChI=1S/C14H18Cl3NO2/c15-8-10(19)9-18-5-3-11(4-6-18)20-12-1-2-13(16)14(17)7-12/h1-2,7,10-11,19H,3-6,8-9H2/t10-/m1/s1. The molecule has 0 bridgehead atoms. The fraction of sp³-hybridized carbons (Fsp3) is 0.571. The number of hydrogen-bond donors (Lipinski definition) is 1. The van der Waals surface area contributed by atoms with Crippen LogP contribution in [0.15, 0.2) is 18.2 Å². The predicted octanol–water partition coefficient (Wildman–Crippen LogP) is 3.44. The predicted molar refractivity (Wildman–Crippen MR) is 83.3 cm³/mol. The van der Waals surface area contributed by atoms with E-state index < -0.39 is 6.10 Å². The molecular weight excluding hydrogens is 321 g/mol. The summed E-state index contributed by atoms with van der Waals surface area (Å²) in [6.07, 6.45) is 1.57. The van der Waals surface area contributed by atoms with Crippen molar-refractivity contribution in [3.05, 3.63) is 28.2 Å². The quantitative estimate of drug-likeness (QED) is 0.835. The van der Waals surface area contributed by atoms with Crippen molar-refractivity contribution in [3.63, 3.8) is 0 Å². The molecule has 1 saturated heterocycles. The molecule has 1 aliphatic rings. The first-order chi connectivity index (χ1) is 9.58. The molecule has 6 heteroatoms. The molecule has 1 aromatic carbocycles. The molecule has 1 atom stereocenters. The van der Waals surface area contributed by atoms with E-state index in [0.717, 1.165) is 31.7 Å². The molecule has 0 aliphatic carbocycles. The van der Waals surface area contributed by atoms with E-state index >= 15 is 0 Å². The number of likely N-dealkylation sites (tertiary alicyclic amines) is 1. The van der Waals surface area contributed by atoms with Crippen molar-refractivity contribution in [2.75, 3.05) is 25.5 Å². The molecule has 0 spiro atoms. The maximum atomic E-state index is 9.54. The summed E-state index contributed by atoms with van der Waals surface area (Å²) >= 11 is 17.5. The summed E-state index contributed by atoms with van der Waals surface area (Å²) in [4.78, 5) is 2.21. The summed E-state index contributed by atoms with van der Waals surface area (Å²) in [7, 11) is 0. The monoisotopic (exact) mass is 337 g/mol. The van der Waals surface area contributed by atoms with E-state index in [1.165, 1.54) is 0 Å². The molecule has 1 aromatic rings. The summed E-state index contributed by atoms with van der Waals surface area (Å²) in [5.74, 6) is 1.03. The van der Waals surface area contributed by atoms with Crippen LogP contribution in [0.5, 0.6) is 5.75 Å². The number of hydrogen-bond acceptors (Lipinski definition) is 3. The van der Waals surface area contributed by atoms with E-state index in [-0.39, 0.29) is 12.0 Å². The molecule has 20 heavy (non-hydrogen) atoms. The smallest absolute Gasteiger partial charge is 0.121 e. The maximum Gasteiger partial charge on any atom is 0.121 e. The third kappa shape index (κ3) is 4.68. The van der Waals surface area contributed by atoms with Crippen molar-refractivity contribution in [2.45, 2.75) is 25.0 Å². The number of ether oxygens (including phenoxy) is 1. The zero-order valence-corrected chi connectivity index (χ0v) is 13.3. The topological polar surface area (TPSA) is 32.7 Å². The Labute approximate surface area is 134 Å². The largest absolute Gasteiger partial charge is 0.490 e. The second-order valence-electron chi connectivity index (χ2n) is 5.00. The van der Waals surface area contributed by atoms with Crippen molar-refractivity contribution in [1.82, 2.24) is 4.90 Å². The van der Waals surface area contributed by atoms with Crippen molar-refractivity contribution in [1.29, 1.82) is 0 Å². The lowest BCUT2D eigenvalue weighted by Crippen LogP contribution is -2.42. The normalized spacial score (nSPS) is 19.0. The highest BCUT2D eigenvalue weighted by molar-refractivity contribution is 6.42. The van der Waals surface area contributed by atoms with E-state index in [2.05, 4.69) is 4.90 Å². The summed E-state index contributed by atoms with van der Waals surface area (Å²) in [5, 5.41) is 10.6. The second kappa shape index (κ2) is 7.71. The molecule has 1 fully saturated rings. The minimum Gasteiger partial charge on any atom is -0.490 e. The average molecular weight is 339 g/mol. The van der Waals surface area contributed by atoms with Crippen molar-refractivity contribution in [2.24, 2.45) is 0 Å². The molecule has 1 aliphatic heterocycles. The van der Waals surface area contributed by atoms with Crippen LogP contribution < -0.4 is 4.74 Å². The zero-order chi connectivity index (χ0) is 14.5. The lowest BCUT2D eigenvalue weighted by molar-refractivity contribution is 0.0683. The average Bonchev–Trinajstić information content (AvgIpc) is 2.45. The summed E-state index contributed by atoms with van der Waals surface area (Å²) in [6, 6.07) is 5.32. The Bertz CT molecular complexity index is 436. The van der Waals surface area contributed by atoms with Crippen LogP contribution in [0.2, 0.25) is 10.0 Å². The summed E-state index contributed by atoms with van der Waals surface area (Å²) < 4.78 is 5.91. The number of aliphatic hydroxyl groups excluding tert-OH is 1. The number of alkyl halides is 1. The van der Waals surface area contributed by atoms with E-state index in [1.807, 2.05) is 6.07 Å². The first kappa shape index (κ1) is 16.2. The van der Waals surface area contributed by atoms with Gasteiger partial charge in [-0.1, -0.05) is 23.2 Å². The van der Waals surface area contributed by atoms with Gasteiger partial charge in [0, 0.05) is 31.6 Å². The van der Waals surface area contributed by atoms with Crippen LogP contribution >= 0.6 is 34.8 Å². The highest BCUT2D eigenvalue weighted by Gasteiger charge is 2.22. The highest BCUT2D eigenvalue weighted by Crippen LogP contribution is 2.28. The van der Waals surface area contributed by atoms with E-state index in [0.29, 0.717) is 16.6 Å². The molecule has 2 rings (SSSR count). The van der Waals surface area contributed by atoms with Gasteiger partial charge in [-0.2, -0.15) is 0 Å². The summed E-state index contributed by atoms with van der Waals surface area (Å²) in [6.45, 7) is 2.43. The van der Waals surface area contributed by atoms with Crippen LogP contribution in [0.25, 0.3) is 0 Å². The van der Waals surface area contributed by atoms with Gasteiger partial charge in [-0.25, -0.2) is 0 Å². The summed E-state index contributed by atoms with van der Waals surface area (Å²) in [5.41, 5.74) is 0. The van der Waals surface area contributed by atoms with Crippen LogP contribution in [-0.2, 0) is 0 Å². The van der Waals surface area contributed by atoms with Gasteiger partial charge in [-0.05, 0) is 25.0 Å². The van der Waals surface area contributed by atoms with E-state index in [9.17, 15) is 5.11 Å². The number of β-amino-alcohol motifs (C(OH)–C–C–N with tert-alkyl or cyclic N) is 1. The number of halogens is 3. The van der Waals surface area contributed by atoms with Crippen molar-refractivity contribution >= 4 is 34.8 Å². The Morgan fingerprint density at radius 1 is 1.25 bits per heavy atom. The van der Waals surface area contributed by atoms with Gasteiger partial charge in [0.2, 0.25) is 0 Å². The van der Waals surface area contributed by atoms with Crippen LogP contribution in [0.1, 0.15) is 12.8 Å².